The fraction of sp³-hybridized carbons (Fsp3) is 0.435. The number of fused-ring (bicyclic) bond motifs is 2. The first-order valence-electron chi connectivity index (χ1n) is 10.5. The molecule has 0 spiro atoms. The Morgan fingerprint density at radius 3 is 2.77 bits per heavy atom. The van der Waals surface area contributed by atoms with Crippen LogP contribution in [0.4, 0.5) is 11.4 Å². The van der Waals surface area contributed by atoms with Gasteiger partial charge in [-0.15, -0.1) is 0 Å². The molecule has 30 heavy (non-hydrogen) atoms. The van der Waals surface area contributed by atoms with E-state index >= 15 is 0 Å². The Hall–Kier alpha value is -2.44. The van der Waals surface area contributed by atoms with Crippen LogP contribution in [0.5, 0.6) is 0 Å². The van der Waals surface area contributed by atoms with Gasteiger partial charge in [0.1, 0.15) is 0 Å². The van der Waals surface area contributed by atoms with Crippen molar-refractivity contribution in [3.63, 3.8) is 0 Å². The molecule has 3 aromatic rings. The molecule has 0 amide bonds. The maximum absolute atomic E-state index is 12.7. The number of ether oxygens (including phenoxy) is 1. The molecular formula is C23H25ClN4O2. The maximum atomic E-state index is 12.7. The van der Waals surface area contributed by atoms with E-state index in [4.69, 9.17) is 16.3 Å². The lowest BCUT2D eigenvalue weighted by Crippen LogP contribution is -2.27. The molecule has 1 saturated heterocycles. The van der Waals surface area contributed by atoms with E-state index in [9.17, 15) is 4.79 Å². The molecule has 4 heterocycles. The molecule has 156 valence electrons. The largest absolute Gasteiger partial charge is 0.381 e. The summed E-state index contributed by atoms with van der Waals surface area (Å²) < 4.78 is 7.35. The summed E-state index contributed by atoms with van der Waals surface area (Å²) in [6.07, 6.45) is 5.71. The van der Waals surface area contributed by atoms with Crippen LogP contribution in [0, 0.1) is 6.92 Å². The molecule has 0 radical (unpaired) electrons. The van der Waals surface area contributed by atoms with Crippen LogP contribution in [-0.2, 0) is 18.2 Å². The molecule has 2 aromatic heterocycles. The van der Waals surface area contributed by atoms with Crippen molar-refractivity contribution in [3.8, 4) is 0 Å². The Morgan fingerprint density at radius 2 is 1.97 bits per heavy atom. The number of halogens is 1. The zero-order valence-corrected chi connectivity index (χ0v) is 18.1. The summed E-state index contributed by atoms with van der Waals surface area (Å²) in [5.41, 5.74) is 6.12. The summed E-state index contributed by atoms with van der Waals surface area (Å²) in [4.78, 5) is 23.7. The first-order valence-corrected chi connectivity index (χ1v) is 10.9. The number of anilines is 2. The first kappa shape index (κ1) is 19.5. The van der Waals surface area contributed by atoms with Crippen LogP contribution in [0.25, 0.3) is 10.9 Å². The molecule has 2 aliphatic heterocycles. The third kappa shape index (κ3) is 3.28. The average molecular weight is 425 g/mol. The summed E-state index contributed by atoms with van der Waals surface area (Å²) >= 11 is 6.06. The van der Waals surface area contributed by atoms with Crippen molar-refractivity contribution in [2.45, 2.75) is 38.5 Å². The SMILES string of the molecule is Cc1cc2c(N3CCCc4nc(Cl)ncc43)cc(C3CCOCC3)cc2n(C)c1=O. The van der Waals surface area contributed by atoms with Crippen LogP contribution in [0.15, 0.2) is 29.2 Å². The van der Waals surface area contributed by atoms with Gasteiger partial charge in [0.15, 0.2) is 0 Å². The second-order valence-corrected chi connectivity index (χ2v) is 8.62. The van der Waals surface area contributed by atoms with Gasteiger partial charge in [-0.05, 0) is 73.9 Å². The minimum atomic E-state index is 0.0479. The molecular weight excluding hydrogens is 400 g/mol. The highest BCUT2D eigenvalue weighted by Gasteiger charge is 2.25. The molecule has 1 aromatic carbocycles. The highest BCUT2D eigenvalue weighted by molar-refractivity contribution is 6.28. The van der Waals surface area contributed by atoms with Crippen LogP contribution in [0.3, 0.4) is 0 Å². The topological polar surface area (TPSA) is 60.2 Å². The van der Waals surface area contributed by atoms with Crippen molar-refractivity contribution < 1.29 is 4.74 Å². The van der Waals surface area contributed by atoms with Gasteiger partial charge in [0.05, 0.1) is 28.8 Å². The molecule has 6 nitrogen and oxygen atoms in total. The maximum Gasteiger partial charge on any atom is 0.253 e. The molecule has 0 atom stereocenters. The zero-order chi connectivity index (χ0) is 20.8. The van der Waals surface area contributed by atoms with Gasteiger partial charge in [-0.25, -0.2) is 9.97 Å². The molecule has 1 fully saturated rings. The lowest BCUT2D eigenvalue weighted by Gasteiger charge is -2.33. The van der Waals surface area contributed by atoms with E-state index < -0.39 is 0 Å². The van der Waals surface area contributed by atoms with Crippen LogP contribution in [-0.4, -0.2) is 34.3 Å². The molecule has 5 rings (SSSR count). The van der Waals surface area contributed by atoms with E-state index in [1.807, 2.05) is 26.2 Å². The monoisotopic (exact) mass is 424 g/mol. The smallest absolute Gasteiger partial charge is 0.253 e. The Morgan fingerprint density at radius 1 is 1.17 bits per heavy atom. The van der Waals surface area contributed by atoms with Crippen molar-refractivity contribution in [2.24, 2.45) is 7.05 Å². The predicted molar refractivity (Wildman–Crippen MR) is 119 cm³/mol. The summed E-state index contributed by atoms with van der Waals surface area (Å²) in [7, 11) is 1.86. The number of pyridine rings is 1. The van der Waals surface area contributed by atoms with Gasteiger partial charge in [-0.1, -0.05) is 0 Å². The van der Waals surface area contributed by atoms with Gasteiger partial charge in [-0.2, -0.15) is 0 Å². The molecule has 0 unspecified atom stereocenters. The number of aryl methyl sites for hydroxylation is 3. The Balaban J connectivity index is 1.75. The summed E-state index contributed by atoms with van der Waals surface area (Å²) in [6.45, 7) is 4.32. The van der Waals surface area contributed by atoms with Gasteiger partial charge >= 0.3 is 0 Å². The van der Waals surface area contributed by atoms with E-state index in [0.29, 0.717) is 5.92 Å². The predicted octanol–water partition coefficient (Wildman–Crippen LogP) is 4.27. The average Bonchev–Trinajstić information content (AvgIpc) is 2.77. The van der Waals surface area contributed by atoms with E-state index in [2.05, 4.69) is 27.0 Å². The van der Waals surface area contributed by atoms with Gasteiger partial charge in [0.2, 0.25) is 5.28 Å². The molecule has 2 aliphatic rings. The van der Waals surface area contributed by atoms with Gasteiger partial charge in [0, 0.05) is 37.8 Å². The van der Waals surface area contributed by atoms with Crippen molar-refractivity contribution in [1.29, 1.82) is 0 Å². The second-order valence-electron chi connectivity index (χ2n) is 8.28. The standard InChI is InChI=1S/C23H25ClN4O2/c1-14-10-17-19(27(2)22(14)29)11-16(15-5-8-30-9-6-15)12-20(17)28-7-3-4-18-21(28)13-25-23(24)26-18/h10-13,15H,3-9H2,1-2H3. The van der Waals surface area contributed by atoms with Crippen molar-refractivity contribution >= 4 is 33.9 Å². The fourth-order valence-electron chi connectivity index (χ4n) is 4.78. The van der Waals surface area contributed by atoms with E-state index in [1.165, 1.54) is 5.56 Å². The summed E-state index contributed by atoms with van der Waals surface area (Å²) in [5, 5.41) is 1.36. The quantitative estimate of drug-likeness (QED) is 0.575. The van der Waals surface area contributed by atoms with Crippen molar-refractivity contribution in [2.75, 3.05) is 24.7 Å². The van der Waals surface area contributed by atoms with Gasteiger partial charge < -0.3 is 14.2 Å². The van der Waals surface area contributed by atoms with E-state index in [0.717, 1.165) is 79.0 Å². The minimum absolute atomic E-state index is 0.0479. The second kappa shape index (κ2) is 7.67. The van der Waals surface area contributed by atoms with E-state index in [-0.39, 0.29) is 10.8 Å². The number of hydrogen-bond donors (Lipinski definition) is 0. The van der Waals surface area contributed by atoms with E-state index in [1.54, 1.807) is 4.57 Å². The Bertz CT molecular complexity index is 1180. The lowest BCUT2D eigenvalue weighted by molar-refractivity contribution is 0.0853. The van der Waals surface area contributed by atoms with Crippen molar-refractivity contribution in [1.82, 2.24) is 14.5 Å². The summed E-state index contributed by atoms with van der Waals surface area (Å²) in [6, 6.07) is 6.51. The third-order valence-corrected chi connectivity index (χ3v) is 6.59. The van der Waals surface area contributed by atoms with Gasteiger partial charge in [-0.3, -0.25) is 4.79 Å². The molecule has 0 bridgehead atoms. The minimum Gasteiger partial charge on any atom is -0.381 e. The Kier molecular flexibility index (Phi) is 4.99. The van der Waals surface area contributed by atoms with Crippen LogP contribution < -0.4 is 10.5 Å². The molecule has 0 saturated carbocycles. The Labute approximate surface area is 180 Å². The van der Waals surface area contributed by atoms with Crippen molar-refractivity contribution in [3.05, 3.63) is 56.9 Å². The number of aromatic nitrogens is 3. The number of hydrogen-bond acceptors (Lipinski definition) is 5. The third-order valence-electron chi connectivity index (χ3n) is 6.41. The summed E-state index contributed by atoms with van der Waals surface area (Å²) in [5.74, 6) is 0.434. The van der Waals surface area contributed by atoms with Gasteiger partial charge in [0.25, 0.3) is 5.56 Å². The van der Waals surface area contributed by atoms with Crippen LogP contribution in [0.1, 0.15) is 42.0 Å². The normalized spacial score (nSPS) is 17.4. The van der Waals surface area contributed by atoms with Crippen LogP contribution in [0.2, 0.25) is 5.28 Å². The number of benzene rings is 1. The number of nitrogens with zero attached hydrogens (tertiary/aromatic N) is 4. The van der Waals surface area contributed by atoms with Crippen LogP contribution >= 0.6 is 11.6 Å². The lowest BCUT2D eigenvalue weighted by atomic mass is 9.89. The molecule has 0 aliphatic carbocycles. The molecule has 7 heteroatoms. The molecule has 0 N–H and O–H groups in total. The zero-order valence-electron chi connectivity index (χ0n) is 17.3. The first-order chi connectivity index (χ1) is 14.5. The number of rotatable bonds is 2. The highest BCUT2D eigenvalue weighted by atomic mass is 35.5. The fourth-order valence-corrected chi connectivity index (χ4v) is 4.93. The highest BCUT2D eigenvalue weighted by Crippen LogP contribution is 2.40.